The summed E-state index contributed by atoms with van der Waals surface area (Å²) >= 11 is 3.36. The van der Waals surface area contributed by atoms with E-state index in [0.29, 0.717) is 12.8 Å². The van der Waals surface area contributed by atoms with Gasteiger partial charge in [-0.3, -0.25) is 9.59 Å². The van der Waals surface area contributed by atoms with Crippen LogP contribution in [0.25, 0.3) is 0 Å². The van der Waals surface area contributed by atoms with Crippen LogP contribution in [0, 0.1) is 5.92 Å². The second kappa shape index (κ2) is 5.33. The Labute approximate surface area is 120 Å². The molecule has 1 aromatic carbocycles. The Balaban J connectivity index is 1.98. The lowest BCUT2D eigenvalue weighted by molar-refractivity contribution is -0.240. The third-order valence-corrected chi connectivity index (χ3v) is 3.43. The highest BCUT2D eigenvalue weighted by Gasteiger charge is 2.42. The summed E-state index contributed by atoms with van der Waals surface area (Å²) in [5, 5.41) is 0. The van der Waals surface area contributed by atoms with Crippen LogP contribution in [0.4, 0.5) is 0 Å². The molecule has 0 aromatic heterocycles. The lowest BCUT2D eigenvalue weighted by Crippen LogP contribution is -2.46. The van der Waals surface area contributed by atoms with Crippen LogP contribution in [0.15, 0.2) is 28.7 Å². The van der Waals surface area contributed by atoms with E-state index in [1.165, 1.54) is 0 Å². The van der Waals surface area contributed by atoms with E-state index < -0.39 is 23.6 Å². The van der Waals surface area contributed by atoms with Crippen molar-refractivity contribution in [2.24, 2.45) is 5.92 Å². The zero-order valence-electron chi connectivity index (χ0n) is 10.8. The van der Waals surface area contributed by atoms with E-state index in [9.17, 15) is 9.59 Å². The zero-order chi connectivity index (χ0) is 14.0. The highest BCUT2D eigenvalue weighted by atomic mass is 79.9. The number of carbonyl (C=O) groups excluding carboxylic acids is 2. The van der Waals surface area contributed by atoms with E-state index in [4.69, 9.17) is 9.47 Å². The third kappa shape index (κ3) is 3.56. The molecular weight excluding hydrogens is 312 g/mol. The summed E-state index contributed by atoms with van der Waals surface area (Å²) in [6, 6.07) is 7.76. The molecule has 0 unspecified atom stereocenters. The molecule has 1 saturated heterocycles. The summed E-state index contributed by atoms with van der Waals surface area (Å²) in [4.78, 5) is 23.5. The molecule has 0 atom stereocenters. The Hall–Kier alpha value is -1.36. The van der Waals surface area contributed by atoms with Gasteiger partial charge in [-0.25, -0.2) is 0 Å². The fourth-order valence-electron chi connectivity index (χ4n) is 1.94. The molecule has 4 nitrogen and oxygen atoms in total. The second-order valence-electron chi connectivity index (χ2n) is 4.96. The standard InChI is InChI=1S/C14H15BrO4/c1-14(2)18-12(16)11(13(17)19-14)8-5-9-3-6-10(15)7-4-9/h3-4,6-7,11H,5,8H2,1-2H3. The first kappa shape index (κ1) is 14.1. The topological polar surface area (TPSA) is 52.6 Å². The summed E-state index contributed by atoms with van der Waals surface area (Å²) in [5.74, 6) is -2.98. The van der Waals surface area contributed by atoms with Gasteiger partial charge in [0.1, 0.15) is 0 Å². The van der Waals surface area contributed by atoms with Gasteiger partial charge in [0, 0.05) is 18.3 Å². The number of ether oxygens (including phenoxy) is 2. The molecule has 1 aliphatic rings. The van der Waals surface area contributed by atoms with Gasteiger partial charge in [-0.2, -0.15) is 0 Å². The van der Waals surface area contributed by atoms with Gasteiger partial charge in [-0.05, 0) is 30.5 Å². The number of benzene rings is 1. The normalized spacial score (nSPS) is 18.9. The fraction of sp³-hybridized carbons (Fsp3) is 0.429. The number of rotatable bonds is 3. The predicted octanol–water partition coefficient (Wildman–Crippen LogP) is 2.83. The van der Waals surface area contributed by atoms with Gasteiger partial charge in [0.2, 0.25) is 0 Å². The molecule has 0 saturated carbocycles. The average molecular weight is 327 g/mol. The summed E-state index contributed by atoms with van der Waals surface area (Å²) < 4.78 is 11.1. The Morgan fingerprint density at radius 1 is 1.11 bits per heavy atom. The van der Waals surface area contributed by atoms with Crippen LogP contribution in [0.5, 0.6) is 0 Å². The van der Waals surface area contributed by atoms with Gasteiger partial charge in [0.05, 0.1) is 0 Å². The Bertz CT molecular complexity index is 473. The number of carbonyl (C=O) groups is 2. The zero-order valence-corrected chi connectivity index (χ0v) is 12.4. The van der Waals surface area contributed by atoms with Crippen LogP contribution < -0.4 is 0 Å². The second-order valence-corrected chi connectivity index (χ2v) is 5.88. The summed E-state index contributed by atoms with van der Waals surface area (Å²) in [6.45, 7) is 3.10. The number of cyclic esters (lactones) is 2. The van der Waals surface area contributed by atoms with Gasteiger partial charge in [0.25, 0.3) is 5.79 Å². The molecular formula is C14H15BrO4. The van der Waals surface area contributed by atoms with Crippen molar-refractivity contribution in [3.63, 3.8) is 0 Å². The molecule has 2 rings (SSSR count). The van der Waals surface area contributed by atoms with E-state index in [-0.39, 0.29) is 0 Å². The minimum atomic E-state index is -1.15. The van der Waals surface area contributed by atoms with Crippen molar-refractivity contribution in [3.8, 4) is 0 Å². The van der Waals surface area contributed by atoms with Crippen LogP contribution >= 0.6 is 15.9 Å². The van der Waals surface area contributed by atoms with Crippen molar-refractivity contribution in [1.82, 2.24) is 0 Å². The lowest BCUT2D eigenvalue weighted by atomic mass is 9.98. The van der Waals surface area contributed by atoms with Crippen molar-refractivity contribution in [2.45, 2.75) is 32.5 Å². The monoisotopic (exact) mass is 326 g/mol. The number of esters is 2. The Morgan fingerprint density at radius 3 is 2.16 bits per heavy atom. The van der Waals surface area contributed by atoms with Crippen molar-refractivity contribution in [3.05, 3.63) is 34.3 Å². The predicted molar refractivity (Wildman–Crippen MR) is 72.2 cm³/mol. The molecule has 0 aliphatic carbocycles. The van der Waals surface area contributed by atoms with Gasteiger partial charge in [0.15, 0.2) is 5.92 Å². The number of hydrogen-bond acceptors (Lipinski definition) is 4. The number of aryl methyl sites for hydroxylation is 1. The maximum absolute atomic E-state index is 11.8. The molecule has 0 bridgehead atoms. The molecule has 1 heterocycles. The maximum Gasteiger partial charge on any atom is 0.323 e. The van der Waals surface area contributed by atoms with Crippen LogP contribution in [-0.4, -0.2) is 17.7 Å². The van der Waals surface area contributed by atoms with Gasteiger partial charge >= 0.3 is 11.9 Å². The minimum absolute atomic E-state index is 0.398. The molecule has 19 heavy (non-hydrogen) atoms. The van der Waals surface area contributed by atoms with Crippen molar-refractivity contribution < 1.29 is 19.1 Å². The number of halogens is 1. The molecule has 0 N–H and O–H groups in total. The van der Waals surface area contributed by atoms with E-state index in [0.717, 1.165) is 10.0 Å². The van der Waals surface area contributed by atoms with E-state index >= 15 is 0 Å². The largest absolute Gasteiger partial charge is 0.422 e. The average Bonchev–Trinajstić information content (AvgIpc) is 2.29. The summed E-state index contributed by atoms with van der Waals surface area (Å²) in [5.41, 5.74) is 1.06. The molecule has 1 aliphatic heterocycles. The van der Waals surface area contributed by atoms with Gasteiger partial charge < -0.3 is 9.47 Å². The third-order valence-electron chi connectivity index (χ3n) is 2.90. The van der Waals surface area contributed by atoms with Gasteiger partial charge in [-0.1, -0.05) is 28.1 Å². The summed E-state index contributed by atoms with van der Waals surface area (Å²) in [6.07, 6.45) is 1.03. The molecule has 5 heteroatoms. The molecule has 1 aromatic rings. The smallest absolute Gasteiger partial charge is 0.323 e. The first-order valence-corrected chi connectivity index (χ1v) is 6.87. The molecule has 102 valence electrons. The molecule has 1 fully saturated rings. The fourth-order valence-corrected chi connectivity index (χ4v) is 2.21. The van der Waals surface area contributed by atoms with E-state index in [1.54, 1.807) is 13.8 Å². The van der Waals surface area contributed by atoms with Crippen LogP contribution in [-0.2, 0) is 25.5 Å². The van der Waals surface area contributed by atoms with E-state index in [1.807, 2.05) is 24.3 Å². The SMILES string of the molecule is CC1(C)OC(=O)C(CCc2ccc(Br)cc2)C(=O)O1. The minimum Gasteiger partial charge on any atom is -0.422 e. The van der Waals surface area contributed by atoms with Crippen molar-refractivity contribution >= 4 is 27.9 Å². The Morgan fingerprint density at radius 2 is 1.63 bits per heavy atom. The van der Waals surface area contributed by atoms with Gasteiger partial charge in [-0.15, -0.1) is 0 Å². The first-order valence-electron chi connectivity index (χ1n) is 6.07. The molecule has 0 amide bonds. The van der Waals surface area contributed by atoms with Crippen molar-refractivity contribution in [1.29, 1.82) is 0 Å². The highest BCUT2D eigenvalue weighted by molar-refractivity contribution is 9.10. The van der Waals surface area contributed by atoms with Crippen LogP contribution in [0.1, 0.15) is 25.8 Å². The quantitative estimate of drug-likeness (QED) is 0.633. The Kier molecular flexibility index (Phi) is 3.94. The van der Waals surface area contributed by atoms with Crippen LogP contribution in [0.3, 0.4) is 0 Å². The molecule has 0 radical (unpaired) electrons. The summed E-state index contributed by atoms with van der Waals surface area (Å²) in [7, 11) is 0. The van der Waals surface area contributed by atoms with Crippen LogP contribution in [0.2, 0.25) is 0 Å². The number of hydrogen-bond donors (Lipinski definition) is 0. The molecule has 0 spiro atoms. The highest BCUT2D eigenvalue weighted by Crippen LogP contribution is 2.26. The maximum atomic E-state index is 11.8. The van der Waals surface area contributed by atoms with E-state index in [2.05, 4.69) is 15.9 Å². The first-order chi connectivity index (χ1) is 8.87. The lowest BCUT2D eigenvalue weighted by Gasteiger charge is -2.32. The van der Waals surface area contributed by atoms with Crippen molar-refractivity contribution in [2.75, 3.05) is 0 Å².